The summed E-state index contributed by atoms with van der Waals surface area (Å²) in [7, 11) is 0. The number of nitrogens with zero attached hydrogens (tertiary/aromatic N) is 1. The van der Waals surface area contributed by atoms with Crippen LogP contribution in [0.15, 0.2) is 29.6 Å². The van der Waals surface area contributed by atoms with Gasteiger partial charge in [-0.3, -0.25) is 0 Å². The molecule has 1 nitrogen and oxygen atoms in total. The molecular weight excluding hydrogens is 304 g/mol. The van der Waals surface area contributed by atoms with Crippen molar-refractivity contribution in [2.45, 2.75) is 18.8 Å². The lowest BCUT2D eigenvalue weighted by atomic mass is 9.80. The van der Waals surface area contributed by atoms with Gasteiger partial charge in [-0.25, -0.2) is 9.37 Å². The Morgan fingerprint density at radius 1 is 1.21 bits per heavy atom. The molecule has 0 aliphatic heterocycles. The molecule has 0 saturated heterocycles. The number of aromatic nitrogens is 1. The highest BCUT2D eigenvalue weighted by molar-refractivity contribution is 7.09. The smallest absolute Gasteiger partial charge is 0.123 e. The molecule has 2 aromatic rings. The van der Waals surface area contributed by atoms with Gasteiger partial charge in [-0.1, -0.05) is 12.1 Å². The Labute approximate surface area is 126 Å². The molecule has 0 aliphatic rings. The van der Waals surface area contributed by atoms with E-state index in [1.54, 1.807) is 23.5 Å². The van der Waals surface area contributed by atoms with Gasteiger partial charge in [-0.15, -0.1) is 34.5 Å². The van der Waals surface area contributed by atoms with Gasteiger partial charge in [0.25, 0.3) is 0 Å². The van der Waals surface area contributed by atoms with Gasteiger partial charge in [-0.05, 0) is 24.6 Å². The molecule has 0 saturated carbocycles. The van der Waals surface area contributed by atoms with Gasteiger partial charge < -0.3 is 0 Å². The average molecular weight is 318 g/mol. The first-order valence-electron chi connectivity index (χ1n) is 5.88. The SMILES string of the molecule is Cc1nc(CC(CCl)(CCl)c2ccc(F)cc2)cs1. The van der Waals surface area contributed by atoms with Crippen LogP contribution in [0.2, 0.25) is 0 Å². The van der Waals surface area contributed by atoms with E-state index >= 15 is 0 Å². The van der Waals surface area contributed by atoms with Crippen LogP contribution in [0.1, 0.15) is 16.3 Å². The Hall–Kier alpha value is -0.640. The molecule has 1 heterocycles. The molecule has 0 amide bonds. The van der Waals surface area contributed by atoms with Crippen LogP contribution in [0.25, 0.3) is 0 Å². The topological polar surface area (TPSA) is 12.9 Å². The summed E-state index contributed by atoms with van der Waals surface area (Å²) in [5.74, 6) is 0.489. The standard InChI is InChI=1S/C14H14Cl2FNS/c1-10-18-13(7-19-10)6-14(8-15,9-16)11-2-4-12(17)5-3-11/h2-5,7H,6,8-9H2,1H3. The molecule has 0 unspecified atom stereocenters. The minimum atomic E-state index is -0.405. The molecule has 19 heavy (non-hydrogen) atoms. The van der Waals surface area contributed by atoms with E-state index in [-0.39, 0.29) is 5.82 Å². The van der Waals surface area contributed by atoms with Crippen molar-refractivity contribution in [1.82, 2.24) is 4.98 Å². The summed E-state index contributed by atoms with van der Waals surface area (Å²) in [5, 5.41) is 3.04. The van der Waals surface area contributed by atoms with E-state index in [2.05, 4.69) is 4.98 Å². The van der Waals surface area contributed by atoms with Gasteiger partial charge in [0.2, 0.25) is 0 Å². The third-order valence-electron chi connectivity index (χ3n) is 3.15. The quantitative estimate of drug-likeness (QED) is 0.737. The van der Waals surface area contributed by atoms with Crippen molar-refractivity contribution in [3.63, 3.8) is 0 Å². The zero-order valence-corrected chi connectivity index (χ0v) is 12.8. The number of hydrogen-bond acceptors (Lipinski definition) is 2. The van der Waals surface area contributed by atoms with Crippen LogP contribution in [0, 0.1) is 12.7 Å². The van der Waals surface area contributed by atoms with Gasteiger partial charge in [0.15, 0.2) is 0 Å². The number of alkyl halides is 2. The molecule has 2 rings (SSSR count). The lowest BCUT2D eigenvalue weighted by Gasteiger charge is -2.29. The summed E-state index contributed by atoms with van der Waals surface area (Å²) >= 11 is 13.9. The van der Waals surface area contributed by atoms with E-state index in [4.69, 9.17) is 23.2 Å². The summed E-state index contributed by atoms with van der Waals surface area (Å²) < 4.78 is 13.0. The van der Waals surface area contributed by atoms with Crippen LogP contribution in [0.5, 0.6) is 0 Å². The van der Waals surface area contributed by atoms with Crippen LogP contribution in [0.4, 0.5) is 4.39 Å². The normalized spacial score (nSPS) is 11.8. The molecule has 0 atom stereocenters. The van der Waals surface area contributed by atoms with E-state index in [0.29, 0.717) is 18.2 Å². The molecule has 102 valence electrons. The first kappa shape index (κ1) is 14.8. The van der Waals surface area contributed by atoms with Gasteiger partial charge in [0.1, 0.15) is 5.82 Å². The van der Waals surface area contributed by atoms with E-state index < -0.39 is 5.41 Å². The lowest BCUT2D eigenvalue weighted by molar-refractivity contribution is 0.527. The van der Waals surface area contributed by atoms with Gasteiger partial charge in [0.05, 0.1) is 10.7 Å². The minimum Gasteiger partial charge on any atom is -0.247 e. The van der Waals surface area contributed by atoms with E-state index in [9.17, 15) is 4.39 Å². The molecule has 5 heteroatoms. The fraction of sp³-hybridized carbons (Fsp3) is 0.357. The zero-order chi connectivity index (χ0) is 13.9. The summed E-state index contributed by atoms with van der Waals surface area (Å²) in [5.41, 5.74) is 1.52. The Bertz CT molecular complexity index is 535. The molecule has 0 aliphatic carbocycles. The van der Waals surface area contributed by atoms with Crippen molar-refractivity contribution in [2.75, 3.05) is 11.8 Å². The van der Waals surface area contributed by atoms with Crippen molar-refractivity contribution in [3.05, 3.63) is 51.7 Å². The Balaban J connectivity index is 2.33. The molecule has 0 bridgehead atoms. The van der Waals surface area contributed by atoms with Crippen molar-refractivity contribution >= 4 is 34.5 Å². The number of benzene rings is 1. The van der Waals surface area contributed by atoms with Crippen molar-refractivity contribution in [3.8, 4) is 0 Å². The summed E-state index contributed by atoms with van der Waals surface area (Å²) in [4.78, 5) is 4.46. The van der Waals surface area contributed by atoms with Gasteiger partial charge in [-0.2, -0.15) is 0 Å². The largest absolute Gasteiger partial charge is 0.247 e. The van der Waals surface area contributed by atoms with Crippen LogP contribution in [0.3, 0.4) is 0 Å². The van der Waals surface area contributed by atoms with Crippen LogP contribution < -0.4 is 0 Å². The molecular formula is C14H14Cl2FNS. The van der Waals surface area contributed by atoms with E-state index in [1.807, 2.05) is 12.3 Å². The minimum absolute atomic E-state index is 0.258. The second-order valence-corrected chi connectivity index (χ2v) is 6.19. The third-order valence-corrected chi connectivity index (χ3v) is 5.00. The number of thiazole rings is 1. The Morgan fingerprint density at radius 3 is 2.32 bits per heavy atom. The maximum atomic E-state index is 13.0. The lowest BCUT2D eigenvalue weighted by Crippen LogP contribution is -2.33. The number of halogens is 3. The molecule has 0 radical (unpaired) electrons. The first-order valence-corrected chi connectivity index (χ1v) is 7.83. The highest BCUT2D eigenvalue weighted by Crippen LogP contribution is 2.32. The highest BCUT2D eigenvalue weighted by Gasteiger charge is 2.32. The maximum Gasteiger partial charge on any atom is 0.123 e. The summed E-state index contributed by atoms with van der Waals surface area (Å²) in [6.45, 7) is 1.97. The molecule has 1 aromatic carbocycles. The monoisotopic (exact) mass is 317 g/mol. The third kappa shape index (κ3) is 3.28. The Kier molecular flexibility index (Phi) is 4.82. The first-order chi connectivity index (χ1) is 9.09. The van der Waals surface area contributed by atoms with Gasteiger partial charge in [0, 0.05) is 29.0 Å². The number of hydrogen-bond donors (Lipinski definition) is 0. The predicted octanol–water partition coefficient (Wildman–Crippen LogP) is 4.55. The summed E-state index contributed by atoms with van der Waals surface area (Å²) in [6.07, 6.45) is 0.663. The Morgan fingerprint density at radius 2 is 1.84 bits per heavy atom. The molecule has 0 N–H and O–H groups in total. The second kappa shape index (κ2) is 6.21. The van der Waals surface area contributed by atoms with Crippen LogP contribution in [-0.4, -0.2) is 16.7 Å². The van der Waals surface area contributed by atoms with Crippen molar-refractivity contribution in [2.24, 2.45) is 0 Å². The van der Waals surface area contributed by atoms with E-state index in [0.717, 1.165) is 16.3 Å². The van der Waals surface area contributed by atoms with E-state index in [1.165, 1.54) is 12.1 Å². The zero-order valence-electron chi connectivity index (χ0n) is 10.5. The second-order valence-electron chi connectivity index (χ2n) is 4.59. The fourth-order valence-corrected chi connectivity index (χ4v) is 3.42. The number of rotatable bonds is 5. The molecule has 0 spiro atoms. The molecule has 1 aromatic heterocycles. The number of aryl methyl sites for hydroxylation is 1. The van der Waals surface area contributed by atoms with Crippen molar-refractivity contribution < 1.29 is 4.39 Å². The maximum absolute atomic E-state index is 13.0. The van der Waals surface area contributed by atoms with Crippen molar-refractivity contribution in [1.29, 1.82) is 0 Å². The highest BCUT2D eigenvalue weighted by atomic mass is 35.5. The predicted molar refractivity (Wildman–Crippen MR) is 80.1 cm³/mol. The average Bonchev–Trinajstić information content (AvgIpc) is 2.82. The summed E-state index contributed by atoms with van der Waals surface area (Å²) in [6, 6.07) is 6.38. The fourth-order valence-electron chi connectivity index (χ4n) is 2.03. The van der Waals surface area contributed by atoms with Crippen LogP contribution >= 0.6 is 34.5 Å². The van der Waals surface area contributed by atoms with Gasteiger partial charge >= 0.3 is 0 Å². The molecule has 0 fully saturated rings. The van der Waals surface area contributed by atoms with Crippen LogP contribution in [-0.2, 0) is 11.8 Å².